The Hall–Kier alpha value is -3.66. The molecule has 0 atom stereocenters. The van der Waals surface area contributed by atoms with Crippen LogP contribution >= 0.6 is 0 Å². The smallest absolute Gasteiger partial charge is 0.164 e. The van der Waals surface area contributed by atoms with Gasteiger partial charge >= 0.3 is 0 Å². The van der Waals surface area contributed by atoms with Crippen LogP contribution in [-0.4, -0.2) is 21.7 Å². The number of aromatic hydroxyl groups is 1. The highest BCUT2D eigenvalue weighted by Crippen LogP contribution is 2.33. The van der Waals surface area contributed by atoms with Crippen LogP contribution in [0.15, 0.2) is 84.9 Å². The highest BCUT2D eigenvalue weighted by molar-refractivity contribution is 5.73. The van der Waals surface area contributed by atoms with E-state index in [4.69, 9.17) is 14.7 Å². The second kappa shape index (κ2) is 10.6. The fourth-order valence-electron chi connectivity index (χ4n) is 3.59. The molecule has 1 heterocycles. The lowest BCUT2D eigenvalue weighted by Crippen LogP contribution is -1.98. The lowest BCUT2D eigenvalue weighted by atomic mass is 10.1. The van der Waals surface area contributed by atoms with Crippen molar-refractivity contribution in [3.8, 4) is 45.4 Å². The van der Waals surface area contributed by atoms with Crippen molar-refractivity contribution < 1.29 is 9.84 Å². The van der Waals surface area contributed by atoms with E-state index < -0.39 is 0 Å². The summed E-state index contributed by atoms with van der Waals surface area (Å²) in [5.41, 5.74) is 4.20. The fourth-order valence-corrected chi connectivity index (χ4v) is 3.59. The number of hydrogen-bond donors (Lipinski definition) is 1. The van der Waals surface area contributed by atoms with Crippen molar-refractivity contribution in [2.45, 2.75) is 32.6 Å². The van der Waals surface area contributed by atoms with Crippen molar-refractivity contribution in [2.24, 2.45) is 0 Å². The van der Waals surface area contributed by atoms with Gasteiger partial charge in [-0.3, -0.25) is 0 Å². The van der Waals surface area contributed by atoms with Crippen LogP contribution in [0.25, 0.3) is 33.9 Å². The number of phenols is 1. The van der Waals surface area contributed by atoms with Gasteiger partial charge in [0, 0.05) is 17.2 Å². The molecule has 0 amide bonds. The maximum atomic E-state index is 10.7. The number of ether oxygens (including phenoxy) is 1. The van der Waals surface area contributed by atoms with Crippen LogP contribution in [0.5, 0.6) is 11.5 Å². The summed E-state index contributed by atoms with van der Waals surface area (Å²) in [5.74, 6) is 1.25. The molecule has 32 heavy (non-hydrogen) atoms. The van der Waals surface area contributed by atoms with E-state index >= 15 is 0 Å². The molecule has 0 saturated heterocycles. The number of rotatable bonds is 9. The molecule has 4 aromatic rings. The summed E-state index contributed by atoms with van der Waals surface area (Å²) < 4.78 is 5.81. The third-order valence-corrected chi connectivity index (χ3v) is 5.34. The highest BCUT2D eigenvalue weighted by Gasteiger charge is 2.14. The van der Waals surface area contributed by atoms with Gasteiger partial charge in [0.2, 0.25) is 0 Å². The van der Waals surface area contributed by atoms with Gasteiger partial charge in [-0.05, 0) is 24.6 Å². The van der Waals surface area contributed by atoms with E-state index in [-0.39, 0.29) is 5.75 Å². The molecule has 0 spiro atoms. The van der Waals surface area contributed by atoms with Crippen molar-refractivity contribution in [1.82, 2.24) is 9.97 Å². The Labute approximate surface area is 189 Å². The fraction of sp³-hybridized carbons (Fsp3) is 0.214. The third-order valence-electron chi connectivity index (χ3n) is 5.34. The van der Waals surface area contributed by atoms with Crippen LogP contribution in [-0.2, 0) is 0 Å². The van der Waals surface area contributed by atoms with Gasteiger partial charge in [0.15, 0.2) is 5.82 Å². The molecule has 1 aromatic heterocycles. The molecule has 1 N–H and O–H groups in total. The van der Waals surface area contributed by atoms with Gasteiger partial charge in [-0.1, -0.05) is 86.8 Å². The summed E-state index contributed by atoms with van der Waals surface area (Å²) >= 11 is 0. The molecule has 162 valence electrons. The Morgan fingerprint density at radius 1 is 0.719 bits per heavy atom. The number of benzene rings is 3. The number of aromatic nitrogens is 2. The van der Waals surface area contributed by atoms with Crippen molar-refractivity contribution in [3.05, 3.63) is 84.9 Å². The second-order valence-electron chi connectivity index (χ2n) is 7.78. The Morgan fingerprint density at radius 3 is 1.91 bits per heavy atom. The topological polar surface area (TPSA) is 55.2 Å². The van der Waals surface area contributed by atoms with E-state index in [2.05, 4.69) is 6.92 Å². The first-order chi connectivity index (χ1) is 15.7. The summed E-state index contributed by atoms with van der Waals surface area (Å²) in [5, 5.41) is 10.7. The summed E-state index contributed by atoms with van der Waals surface area (Å²) in [6.07, 6.45) is 4.58. The quantitative estimate of drug-likeness (QED) is 0.290. The SMILES string of the molecule is CCCCCCOc1ccc(-c2nc(-c3ccccc3)cc(-c3ccccc3)n2)c(O)c1. The minimum Gasteiger partial charge on any atom is -0.507 e. The summed E-state index contributed by atoms with van der Waals surface area (Å²) in [6.45, 7) is 2.84. The van der Waals surface area contributed by atoms with Crippen LogP contribution in [0.4, 0.5) is 0 Å². The van der Waals surface area contributed by atoms with E-state index in [0.29, 0.717) is 23.7 Å². The number of phenolic OH excluding ortho intramolecular Hbond substituents is 1. The monoisotopic (exact) mass is 424 g/mol. The van der Waals surface area contributed by atoms with Gasteiger partial charge in [0.05, 0.1) is 23.6 Å². The molecule has 0 saturated carbocycles. The molecule has 0 aliphatic carbocycles. The van der Waals surface area contributed by atoms with Crippen molar-refractivity contribution >= 4 is 0 Å². The van der Waals surface area contributed by atoms with Crippen molar-refractivity contribution in [2.75, 3.05) is 6.61 Å². The van der Waals surface area contributed by atoms with E-state index in [1.165, 1.54) is 12.8 Å². The van der Waals surface area contributed by atoms with Crippen LogP contribution in [0, 0.1) is 0 Å². The zero-order valence-electron chi connectivity index (χ0n) is 18.4. The molecule has 0 aliphatic rings. The Kier molecular flexibility index (Phi) is 7.13. The number of unbranched alkanes of at least 4 members (excludes halogenated alkanes) is 3. The summed E-state index contributed by atoms with van der Waals surface area (Å²) in [6, 6.07) is 27.4. The predicted molar refractivity (Wildman–Crippen MR) is 130 cm³/mol. The van der Waals surface area contributed by atoms with Gasteiger partial charge in [-0.15, -0.1) is 0 Å². The van der Waals surface area contributed by atoms with Crippen molar-refractivity contribution in [1.29, 1.82) is 0 Å². The largest absolute Gasteiger partial charge is 0.507 e. The lowest BCUT2D eigenvalue weighted by Gasteiger charge is -2.12. The predicted octanol–water partition coefficient (Wildman–Crippen LogP) is 7.14. The number of nitrogens with zero attached hydrogens (tertiary/aromatic N) is 2. The highest BCUT2D eigenvalue weighted by atomic mass is 16.5. The third kappa shape index (κ3) is 5.33. The molecule has 4 rings (SSSR count). The van der Waals surface area contributed by atoms with E-state index in [9.17, 15) is 5.11 Å². The van der Waals surface area contributed by atoms with E-state index in [1.807, 2.05) is 78.9 Å². The first-order valence-electron chi connectivity index (χ1n) is 11.2. The van der Waals surface area contributed by atoms with Gasteiger partial charge in [-0.2, -0.15) is 0 Å². The standard InChI is InChI=1S/C28H28N2O2/c1-2-3-4-11-18-32-23-16-17-24(27(31)19-23)28-29-25(21-12-7-5-8-13-21)20-26(30-28)22-14-9-6-10-15-22/h5-10,12-17,19-20,31H,2-4,11,18H2,1H3. The Morgan fingerprint density at radius 2 is 1.34 bits per heavy atom. The maximum absolute atomic E-state index is 10.7. The second-order valence-corrected chi connectivity index (χ2v) is 7.78. The first kappa shape index (κ1) is 21.6. The van der Waals surface area contributed by atoms with E-state index in [1.54, 1.807) is 6.07 Å². The van der Waals surface area contributed by atoms with Crippen LogP contribution in [0.3, 0.4) is 0 Å². The molecule has 0 fully saturated rings. The van der Waals surface area contributed by atoms with Crippen LogP contribution in [0.1, 0.15) is 32.6 Å². The van der Waals surface area contributed by atoms with Gasteiger partial charge < -0.3 is 9.84 Å². The molecule has 4 heteroatoms. The van der Waals surface area contributed by atoms with Gasteiger partial charge in [-0.25, -0.2) is 9.97 Å². The molecule has 4 nitrogen and oxygen atoms in total. The average molecular weight is 425 g/mol. The summed E-state index contributed by atoms with van der Waals surface area (Å²) in [7, 11) is 0. The normalized spacial score (nSPS) is 10.8. The lowest BCUT2D eigenvalue weighted by molar-refractivity contribution is 0.303. The molecule has 0 bridgehead atoms. The van der Waals surface area contributed by atoms with Crippen LogP contribution in [0.2, 0.25) is 0 Å². The average Bonchev–Trinajstić information content (AvgIpc) is 2.85. The zero-order chi connectivity index (χ0) is 22.2. The maximum Gasteiger partial charge on any atom is 0.164 e. The molecular formula is C28H28N2O2. The molecular weight excluding hydrogens is 396 g/mol. The van der Waals surface area contributed by atoms with Crippen molar-refractivity contribution in [3.63, 3.8) is 0 Å². The van der Waals surface area contributed by atoms with E-state index in [0.717, 1.165) is 35.4 Å². The Bertz CT molecular complexity index is 1090. The number of hydrogen-bond acceptors (Lipinski definition) is 4. The van der Waals surface area contributed by atoms with Crippen LogP contribution < -0.4 is 4.74 Å². The minimum absolute atomic E-state index is 0.111. The first-order valence-corrected chi connectivity index (χ1v) is 11.2. The molecule has 0 unspecified atom stereocenters. The summed E-state index contributed by atoms with van der Waals surface area (Å²) in [4.78, 5) is 9.55. The zero-order valence-corrected chi connectivity index (χ0v) is 18.4. The Balaban J connectivity index is 1.66. The van der Waals surface area contributed by atoms with Gasteiger partial charge in [0.1, 0.15) is 11.5 Å². The molecule has 0 aliphatic heterocycles. The molecule has 0 radical (unpaired) electrons. The molecule has 3 aromatic carbocycles. The minimum atomic E-state index is 0.111. The van der Waals surface area contributed by atoms with Gasteiger partial charge in [0.25, 0.3) is 0 Å².